The van der Waals surface area contributed by atoms with Crippen molar-refractivity contribution in [3.05, 3.63) is 99.5 Å². The van der Waals surface area contributed by atoms with E-state index in [-0.39, 0.29) is 5.56 Å². The van der Waals surface area contributed by atoms with E-state index in [0.717, 1.165) is 11.3 Å². The smallest absolute Gasteiger partial charge is 0.254 e. The average Bonchev–Trinajstić information content (AvgIpc) is 3.28. The van der Waals surface area contributed by atoms with Crippen LogP contribution >= 0.6 is 35.0 Å². The molecule has 0 bridgehead atoms. The maximum atomic E-state index is 14.1. The molecule has 1 aromatic heterocycles. The summed E-state index contributed by atoms with van der Waals surface area (Å²) < 4.78 is 21.2. The van der Waals surface area contributed by atoms with Gasteiger partial charge in [-0.05, 0) is 55.0 Å². The summed E-state index contributed by atoms with van der Waals surface area (Å²) in [6.07, 6.45) is 0. The van der Waals surface area contributed by atoms with Crippen LogP contribution in [0.5, 0.6) is 5.75 Å². The fraction of sp³-hybridized carbons (Fsp3) is 0.160. The molecule has 0 spiro atoms. The standard InChI is InChI=1S/C25H21Cl2FN4O2S/c1-15(29-24(33)19-8-3-4-9-21(19)28)23-30-31-25(32(23)22-13-17(26)10-11-20(22)27)35-14-16-6-5-7-18(12-16)34-2/h3-13,15H,14H2,1-2H3,(H,29,33). The van der Waals surface area contributed by atoms with Crippen LogP contribution in [0.2, 0.25) is 10.0 Å². The first-order valence-corrected chi connectivity index (χ1v) is 12.3. The number of ether oxygens (including phenoxy) is 1. The molecule has 0 aliphatic rings. The van der Waals surface area contributed by atoms with Crippen molar-refractivity contribution in [2.24, 2.45) is 0 Å². The van der Waals surface area contributed by atoms with Gasteiger partial charge in [-0.2, -0.15) is 0 Å². The minimum absolute atomic E-state index is 0.0566. The first kappa shape index (κ1) is 25.0. The monoisotopic (exact) mass is 530 g/mol. The number of thioether (sulfide) groups is 1. The van der Waals surface area contributed by atoms with Crippen molar-refractivity contribution in [2.75, 3.05) is 7.11 Å². The van der Waals surface area contributed by atoms with Crippen molar-refractivity contribution in [3.8, 4) is 11.4 Å². The Kier molecular flexibility index (Phi) is 7.95. The molecule has 0 saturated carbocycles. The average molecular weight is 531 g/mol. The summed E-state index contributed by atoms with van der Waals surface area (Å²) in [7, 11) is 1.62. The van der Waals surface area contributed by atoms with Gasteiger partial charge in [0.25, 0.3) is 5.91 Å². The number of carbonyl (C=O) groups excluding carboxylic acids is 1. The zero-order valence-electron chi connectivity index (χ0n) is 18.8. The maximum Gasteiger partial charge on any atom is 0.254 e. The lowest BCUT2D eigenvalue weighted by Gasteiger charge is -2.17. The molecule has 1 amide bonds. The van der Waals surface area contributed by atoms with Crippen LogP contribution in [0.3, 0.4) is 0 Å². The van der Waals surface area contributed by atoms with Crippen LogP contribution in [0.1, 0.15) is 34.7 Å². The summed E-state index contributed by atoms with van der Waals surface area (Å²) in [5.74, 6) is 0.599. The van der Waals surface area contributed by atoms with Gasteiger partial charge in [-0.1, -0.05) is 59.2 Å². The number of benzene rings is 3. The summed E-state index contributed by atoms with van der Waals surface area (Å²) in [5.41, 5.74) is 1.54. The molecule has 35 heavy (non-hydrogen) atoms. The minimum Gasteiger partial charge on any atom is -0.497 e. The number of rotatable bonds is 8. The van der Waals surface area contributed by atoms with E-state index in [9.17, 15) is 9.18 Å². The van der Waals surface area contributed by atoms with Crippen molar-refractivity contribution in [1.82, 2.24) is 20.1 Å². The van der Waals surface area contributed by atoms with Crippen LogP contribution in [0, 0.1) is 5.82 Å². The molecule has 3 aromatic carbocycles. The van der Waals surface area contributed by atoms with E-state index < -0.39 is 17.8 Å². The number of hydrogen-bond acceptors (Lipinski definition) is 5. The Morgan fingerprint density at radius 1 is 1.11 bits per heavy atom. The van der Waals surface area contributed by atoms with Crippen molar-refractivity contribution < 1.29 is 13.9 Å². The quantitative estimate of drug-likeness (QED) is 0.263. The van der Waals surface area contributed by atoms with Gasteiger partial charge in [0.15, 0.2) is 11.0 Å². The van der Waals surface area contributed by atoms with Gasteiger partial charge in [-0.3, -0.25) is 9.36 Å². The van der Waals surface area contributed by atoms with Crippen LogP contribution in [-0.4, -0.2) is 27.8 Å². The van der Waals surface area contributed by atoms with E-state index in [2.05, 4.69) is 15.5 Å². The lowest BCUT2D eigenvalue weighted by atomic mass is 10.2. The van der Waals surface area contributed by atoms with Crippen LogP contribution in [0.25, 0.3) is 5.69 Å². The Labute approximate surface area is 216 Å². The lowest BCUT2D eigenvalue weighted by Crippen LogP contribution is -2.29. The third-order valence-corrected chi connectivity index (χ3v) is 6.72. The Morgan fingerprint density at radius 3 is 2.69 bits per heavy atom. The van der Waals surface area contributed by atoms with Crippen molar-refractivity contribution in [2.45, 2.75) is 23.9 Å². The van der Waals surface area contributed by atoms with Crippen molar-refractivity contribution in [3.63, 3.8) is 0 Å². The highest BCUT2D eigenvalue weighted by atomic mass is 35.5. The molecule has 4 rings (SSSR count). The maximum absolute atomic E-state index is 14.1. The van der Waals surface area contributed by atoms with E-state index in [0.29, 0.717) is 32.5 Å². The second kappa shape index (κ2) is 11.1. The number of nitrogens with zero attached hydrogens (tertiary/aromatic N) is 3. The SMILES string of the molecule is COc1cccc(CSc2nnc(C(C)NC(=O)c3ccccc3F)n2-c2cc(Cl)ccc2Cl)c1. The van der Waals surface area contributed by atoms with Crippen LogP contribution in [0.4, 0.5) is 4.39 Å². The highest BCUT2D eigenvalue weighted by molar-refractivity contribution is 7.98. The van der Waals surface area contributed by atoms with Gasteiger partial charge in [0.1, 0.15) is 11.6 Å². The Hall–Kier alpha value is -3.07. The summed E-state index contributed by atoms with van der Waals surface area (Å²) in [6.45, 7) is 1.74. The van der Waals surface area contributed by atoms with Gasteiger partial charge in [0.05, 0.1) is 29.4 Å². The molecule has 180 valence electrons. The summed E-state index contributed by atoms with van der Waals surface area (Å²) in [5, 5.41) is 13.0. The normalized spacial score (nSPS) is 11.8. The summed E-state index contributed by atoms with van der Waals surface area (Å²) in [6, 6.07) is 18.0. The number of aromatic nitrogens is 3. The van der Waals surface area contributed by atoms with Gasteiger partial charge in [0.2, 0.25) is 0 Å². The lowest BCUT2D eigenvalue weighted by molar-refractivity contribution is 0.0934. The van der Waals surface area contributed by atoms with Crippen LogP contribution in [-0.2, 0) is 5.75 Å². The third kappa shape index (κ3) is 5.78. The predicted octanol–water partition coefficient (Wildman–Crippen LogP) is 6.51. The highest BCUT2D eigenvalue weighted by Crippen LogP contribution is 2.33. The Balaban J connectivity index is 1.67. The predicted molar refractivity (Wildman–Crippen MR) is 136 cm³/mol. The molecule has 0 saturated heterocycles. The number of nitrogens with one attached hydrogen (secondary N) is 1. The molecule has 1 atom stereocenters. The molecule has 6 nitrogen and oxygen atoms in total. The van der Waals surface area contributed by atoms with Gasteiger partial charge in [0, 0.05) is 10.8 Å². The fourth-order valence-corrected chi connectivity index (χ4v) is 4.70. The Bertz CT molecular complexity index is 1370. The van der Waals surface area contributed by atoms with E-state index in [1.54, 1.807) is 42.9 Å². The molecule has 1 heterocycles. The molecule has 1 N–H and O–H groups in total. The summed E-state index contributed by atoms with van der Waals surface area (Å²) >= 11 is 14.2. The molecule has 1 unspecified atom stereocenters. The van der Waals surface area contributed by atoms with Crippen molar-refractivity contribution >= 4 is 40.9 Å². The minimum atomic E-state index is -0.615. The molecular formula is C25H21Cl2FN4O2S. The zero-order valence-corrected chi connectivity index (χ0v) is 21.2. The van der Waals surface area contributed by atoms with Crippen LogP contribution < -0.4 is 10.1 Å². The van der Waals surface area contributed by atoms with Crippen LogP contribution in [0.15, 0.2) is 71.9 Å². The third-order valence-electron chi connectivity index (χ3n) is 5.16. The second-order valence-electron chi connectivity index (χ2n) is 7.59. The fourth-order valence-electron chi connectivity index (χ4n) is 3.43. The molecule has 10 heteroatoms. The first-order valence-electron chi connectivity index (χ1n) is 10.6. The summed E-state index contributed by atoms with van der Waals surface area (Å²) in [4.78, 5) is 12.7. The highest BCUT2D eigenvalue weighted by Gasteiger charge is 2.24. The second-order valence-corrected chi connectivity index (χ2v) is 9.37. The number of halogens is 3. The zero-order chi connectivity index (χ0) is 24.9. The molecule has 0 aliphatic carbocycles. The molecular weight excluding hydrogens is 510 g/mol. The molecule has 0 fully saturated rings. The van der Waals surface area contributed by atoms with Gasteiger partial charge in [-0.15, -0.1) is 10.2 Å². The first-order chi connectivity index (χ1) is 16.9. The van der Waals surface area contributed by atoms with Crippen molar-refractivity contribution in [1.29, 1.82) is 0 Å². The molecule has 4 aromatic rings. The molecule has 0 radical (unpaired) electrons. The molecule has 0 aliphatic heterocycles. The topological polar surface area (TPSA) is 69.0 Å². The number of methoxy groups -OCH3 is 1. The van der Waals surface area contributed by atoms with E-state index in [1.165, 1.54) is 30.0 Å². The number of hydrogen-bond donors (Lipinski definition) is 1. The largest absolute Gasteiger partial charge is 0.497 e. The number of amides is 1. The number of carbonyl (C=O) groups is 1. The Morgan fingerprint density at radius 2 is 1.91 bits per heavy atom. The van der Waals surface area contributed by atoms with E-state index >= 15 is 0 Å². The van der Waals surface area contributed by atoms with E-state index in [4.69, 9.17) is 27.9 Å². The van der Waals surface area contributed by atoms with E-state index in [1.807, 2.05) is 24.3 Å². The van der Waals surface area contributed by atoms with Gasteiger partial charge in [-0.25, -0.2) is 4.39 Å². The van der Waals surface area contributed by atoms with Gasteiger partial charge < -0.3 is 10.1 Å². The van der Waals surface area contributed by atoms with Gasteiger partial charge >= 0.3 is 0 Å².